The number of rotatable bonds is 11. The Morgan fingerprint density at radius 3 is 2.37 bits per heavy atom. The zero-order valence-corrected chi connectivity index (χ0v) is 25.5. The minimum absolute atomic E-state index is 0.261. The molecule has 12 nitrogen and oxygen atoms in total. The van der Waals surface area contributed by atoms with Gasteiger partial charge in [-0.15, -0.1) is 5.10 Å². The van der Waals surface area contributed by atoms with Crippen molar-refractivity contribution >= 4 is 46.9 Å². The lowest BCUT2D eigenvalue weighted by atomic mass is 10.0. The molecule has 4 amide bonds. The molecule has 232 valence electrons. The molecule has 0 bridgehead atoms. The molecule has 5 rings (SSSR count). The minimum atomic E-state index is -0.890. The van der Waals surface area contributed by atoms with Gasteiger partial charge in [0.2, 0.25) is 11.8 Å². The molecule has 0 spiro atoms. The van der Waals surface area contributed by atoms with E-state index in [-0.39, 0.29) is 12.5 Å². The lowest BCUT2D eigenvalue weighted by Crippen LogP contribution is -2.44. The number of tetrazole rings is 1. The topological polar surface area (TPSA) is 147 Å². The van der Waals surface area contributed by atoms with Gasteiger partial charge in [-0.2, -0.15) is 4.68 Å². The van der Waals surface area contributed by atoms with Crippen LogP contribution in [0, 0.1) is 0 Å². The van der Waals surface area contributed by atoms with Gasteiger partial charge in [0.05, 0.1) is 5.69 Å². The smallest absolute Gasteiger partial charge is 0.321 e. The second-order valence-electron chi connectivity index (χ2n) is 10.3. The molecule has 2 heterocycles. The quantitative estimate of drug-likeness (QED) is 0.177. The predicted molar refractivity (Wildman–Crippen MR) is 175 cm³/mol. The number of anilines is 2. The largest absolute Gasteiger partial charge is 0.340 e. The highest BCUT2D eigenvalue weighted by atomic mass is 35.5. The molecule has 0 aliphatic carbocycles. The molecule has 0 saturated carbocycles. The summed E-state index contributed by atoms with van der Waals surface area (Å²) >= 11 is 6.19. The second-order valence-corrected chi connectivity index (χ2v) is 10.7. The van der Waals surface area contributed by atoms with E-state index in [4.69, 9.17) is 11.6 Å². The average molecular weight is 636 g/mol. The summed E-state index contributed by atoms with van der Waals surface area (Å²) in [6.07, 6.45) is 7.99. The lowest BCUT2D eigenvalue weighted by Gasteiger charge is -2.19. The van der Waals surface area contributed by atoms with Crippen LogP contribution in [0.3, 0.4) is 0 Å². The summed E-state index contributed by atoms with van der Waals surface area (Å²) < 4.78 is 1.46. The van der Waals surface area contributed by atoms with Crippen molar-refractivity contribution < 1.29 is 14.4 Å². The van der Waals surface area contributed by atoms with Crippen LogP contribution in [0.5, 0.6) is 0 Å². The Hall–Kier alpha value is -5.88. The Labute approximate surface area is 270 Å². The number of hydrogen-bond donors (Lipinski definition) is 3. The first-order valence-electron chi connectivity index (χ1n) is 14.2. The van der Waals surface area contributed by atoms with E-state index < -0.39 is 17.9 Å². The van der Waals surface area contributed by atoms with Gasteiger partial charge in [0, 0.05) is 60.4 Å². The molecule has 0 unspecified atom stereocenters. The van der Waals surface area contributed by atoms with Crippen molar-refractivity contribution in [1.82, 2.24) is 35.4 Å². The molecule has 0 aliphatic rings. The van der Waals surface area contributed by atoms with E-state index in [0.717, 1.165) is 11.1 Å². The van der Waals surface area contributed by atoms with Crippen LogP contribution in [0.4, 0.5) is 16.2 Å². The number of amides is 4. The molecular weight excluding hydrogens is 606 g/mol. The second kappa shape index (κ2) is 15.2. The number of pyridine rings is 1. The monoisotopic (exact) mass is 635 g/mol. The number of hydrogen-bond acceptors (Lipinski definition) is 7. The Bertz CT molecular complexity index is 1800. The van der Waals surface area contributed by atoms with Crippen molar-refractivity contribution in [3.05, 3.63) is 131 Å². The van der Waals surface area contributed by atoms with Crippen LogP contribution in [0.15, 0.2) is 110 Å². The van der Waals surface area contributed by atoms with Gasteiger partial charge in [-0.25, -0.2) is 4.79 Å². The van der Waals surface area contributed by atoms with Crippen molar-refractivity contribution in [2.24, 2.45) is 0 Å². The number of carbonyl (C=O) groups excluding carboxylic acids is 3. The normalized spacial score (nSPS) is 11.5. The van der Waals surface area contributed by atoms with Crippen molar-refractivity contribution in [2.45, 2.75) is 19.0 Å². The zero-order valence-electron chi connectivity index (χ0n) is 24.7. The fourth-order valence-electron chi connectivity index (χ4n) is 4.51. The molecule has 3 N–H and O–H groups in total. The number of nitrogens with one attached hydrogen (secondary N) is 3. The highest BCUT2D eigenvalue weighted by Gasteiger charge is 2.21. The van der Waals surface area contributed by atoms with Gasteiger partial charge in [0.1, 0.15) is 12.4 Å². The van der Waals surface area contributed by atoms with Crippen LogP contribution in [-0.4, -0.2) is 61.0 Å². The Morgan fingerprint density at radius 1 is 0.935 bits per heavy atom. The fourth-order valence-corrected chi connectivity index (χ4v) is 4.69. The Kier molecular flexibility index (Phi) is 10.4. The van der Waals surface area contributed by atoms with Gasteiger partial charge in [0.15, 0.2) is 0 Å². The first-order chi connectivity index (χ1) is 22.3. The van der Waals surface area contributed by atoms with Crippen LogP contribution < -0.4 is 16.0 Å². The third-order valence-corrected chi connectivity index (χ3v) is 7.04. The van der Waals surface area contributed by atoms with E-state index in [0.29, 0.717) is 34.2 Å². The molecule has 3 aromatic carbocycles. The maximum Gasteiger partial charge on any atom is 0.321 e. The molecular formula is C33H30ClN9O3. The summed E-state index contributed by atoms with van der Waals surface area (Å²) in [7, 11) is 1.69. The summed E-state index contributed by atoms with van der Waals surface area (Å²) in [6, 6.07) is 23.8. The number of urea groups is 1. The lowest BCUT2D eigenvalue weighted by molar-refractivity contribution is -0.123. The summed E-state index contributed by atoms with van der Waals surface area (Å²) in [6.45, 7) is 0.400. The van der Waals surface area contributed by atoms with Crippen LogP contribution in [0.2, 0.25) is 5.02 Å². The third kappa shape index (κ3) is 8.83. The average Bonchev–Trinajstić information content (AvgIpc) is 3.60. The number of aromatic nitrogens is 5. The molecule has 13 heteroatoms. The highest BCUT2D eigenvalue weighted by Crippen LogP contribution is 2.20. The first kappa shape index (κ1) is 31.5. The zero-order chi connectivity index (χ0) is 32.3. The minimum Gasteiger partial charge on any atom is -0.340 e. The van der Waals surface area contributed by atoms with E-state index in [1.54, 1.807) is 68.0 Å². The van der Waals surface area contributed by atoms with Crippen molar-refractivity contribution in [3.63, 3.8) is 0 Å². The van der Waals surface area contributed by atoms with E-state index >= 15 is 0 Å². The van der Waals surface area contributed by atoms with Gasteiger partial charge in [-0.05, 0) is 76.2 Å². The van der Waals surface area contributed by atoms with Gasteiger partial charge < -0.3 is 20.9 Å². The standard InChI is InChI=1S/C33H30ClN9O3/c1-42(21-24-8-5-17-35-20-24)33(46)38-28-13-11-27(12-14-28)37-32(45)29(18-23-6-3-2-4-7-23)39-31(44)16-9-25-19-26(34)10-15-30(25)43-22-36-40-41-43/h2-17,19-20,22,29H,18,21H2,1H3,(H,37,45)(H,38,46)(H,39,44)/b16-9+/t29-/m0/s1. The van der Waals surface area contributed by atoms with Crippen LogP contribution in [0.1, 0.15) is 16.7 Å². The van der Waals surface area contributed by atoms with Crippen LogP contribution in [-0.2, 0) is 22.6 Å². The maximum absolute atomic E-state index is 13.4. The van der Waals surface area contributed by atoms with Crippen molar-refractivity contribution in [2.75, 3.05) is 17.7 Å². The van der Waals surface area contributed by atoms with E-state index in [1.807, 2.05) is 42.5 Å². The van der Waals surface area contributed by atoms with E-state index in [2.05, 4.69) is 36.5 Å². The third-order valence-electron chi connectivity index (χ3n) is 6.81. The Balaban J connectivity index is 1.24. The van der Waals surface area contributed by atoms with Crippen molar-refractivity contribution in [3.8, 4) is 5.69 Å². The van der Waals surface area contributed by atoms with Gasteiger partial charge in [-0.3, -0.25) is 14.6 Å². The number of nitrogens with zero attached hydrogens (tertiary/aromatic N) is 6. The van der Waals surface area contributed by atoms with Crippen molar-refractivity contribution in [1.29, 1.82) is 0 Å². The number of halogens is 1. The van der Waals surface area contributed by atoms with Crippen LogP contribution in [0.25, 0.3) is 11.8 Å². The first-order valence-corrected chi connectivity index (χ1v) is 14.6. The number of benzene rings is 3. The summed E-state index contributed by atoms with van der Waals surface area (Å²) in [5.74, 6) is -0.886. The van der Waals surface area contributed by atoms with Gasteiger partial charge in [-0.1, -0.05) is 48.0 Å². The number of carbonyl (C=O) groups is 3. The Morgan fingerprint density at radius 2 is 1.67 bits per heavy atom. The maximum atomic E-state index is 13.4. The van der Waals surface area contributed by atoms with E-state index in [1.165, 1.54) is 22.0 Å². The summed E-state index contributed by atoms with van der Waals surface area (Å²) in [5, 5.41) is 20.2. The molecule has 0 fully saturated rings. The highest BCUT2D eigenvalue weighted by molar-refractivity contribution is 6.30. The molecule has 2 aromatic heterocycles. The predicted octanol–water partition coefficient (Wildman–Crippen LogP) is 4.75. The fraction of sp³-hybridized carbons (Fsp3) is 0.121. The van der Waals surface area contributed by atoms with Gasteiger partial charge >= 0.3 is 6.03 Å². The summed E-state index contributed by atoms with van der Waals surface area (Å²) in [4.78, 5) is 44.8. The van der Waals surface area contributed by atoms with Gasteiger partial charge in [0.25, 0.3) is 0 Å². The molecule has 46 heavy (non-hydrogen) atoms. The molecule has 0 aliphatic heterocycles. The molecule has 0 radical (unpaired) electrons. The molecule has 0 saturated heterocycles. The molecule has 5 aromatic rings. The van der Waals surface area contributed by atoms with Crippen LogP contribution >= 0.6 is 11.6 Å². The summed E-state index contributed by atoms with van der Waals surface area (Å²) in [5.41, 5.74) is 4.06. The molecule has 1 atom stereocenters. The SMILES string of the molecule is CN(Cc1cccnc1)C(=O)Nc1ccc(NC(=O)[C@H](Cc2ccccc2)NC(=O)/C=C/c2cc(Cl)ccc2-n2cnnn2)cc1. The van der Waals surface area contributed by atoms with E-state index in [9.17, 15) is 14.4 Å².